The summed E-state index contributed by atoms with van der Waals surface area (Å²) in [5.74, 6) is -2.99. The number of rotatable bonds is 2. The van der Waals surface area contributed by atoms with Crippen molar-refractivity contribution in [2.45, 2.75) is 0 Å². The van der Waals surface area contributed by atoms with Crippen LogP contribution in [0.25, 0.3) is 0 Å². The monoisotopic (exact) mass is 230 g/mol. The molecular formula is C4H10Na4O5. The number of carbonyl (C=O) groups excluding carboxylic acids is 1. The van der Waals surface area contributed by atoms with Gasteiger partial charge < -0.3 is 20.7 Å². The predicted molar refractivity (Wildman–Crippen MR) is 30.1 cm³/mol. The SMILES string of the molecule is O=C(O)C(=O)OCCO.[H-].[H-].[H-].[H-].[Na+].[Na+].[Na+].[Na+]. The third-order valence-corrected chi connectivity index (χ3v) is 0.499. The van der Waals surface area contributed by atoms with Gasteiger partial charge in [-0.3, -0.25) is 0 Å². The second-order valence-electron chi connectivity index (χ2n) is 1.16. The third-order valence-electron chi connectivity index (χ3n) is 0.499. The summed E-state index contributed by atoms with van der Waals surface area (Å²) in [4.78, 5) is 19.6. The summed E-state index contributed by atoms with van der Waals surface area (Å²) in [7, 11) is 0. The van der Waals surface area contributed by atoms with E-state index in [1.807, 2.05) is 0 Å². The molecule has 60 valence electrons. The molecule has 5 nitrogen and oxygen atoms in total. The Bertz CT molecular complexity index is 143. The van der Waals surface area contributed by atoms with Crippen LogP contribution < -0.4 is 118 Å². The van der Waals surface area contributed by atoms with Crippen molar-refractivity contribution >= 4 is 11.9 Å². The molecule has 0 aliphatic heterocycles. The van der Waals surface area contributed by atoms with E-state index in [0.717, 1.165) is 0 Å². The molecule has 9 heteroatoms. The Balaban J connectivity index is -0.0000000114. The molecule has 0 spiro atoms. The van der Waals surface area contributed by atoms with Crippen molar-refractivity contribution in [3.05, 3.63) is 0 Å². The van der Waals surface area contributed by atoms with Crippen LogP contribution in [0.4, 0.5) is 0 Å². The summed E-state index contributed by atoms with van der Waals surface area (Å²) in [6.07, 6.45) is 0. The molecule has 0 aliphatic rings. The summed E-state index contributed by atoms with van der Waals surface area (Å²) in [5, 5.41) is 15.9. The van der Waals surface area contributed by atoms with Gasteiger partial charge in [0.25, 0.3) is 0 Å². The Morgan fingerprint density at radius 3 is 1.77 bits per heavy atom. The Labute approximate surface area is 170 Å². The van der Waals surface area contributed by atoms with E-state index in [0.29, 0.717) is 0 Å². The average Bonchev–Trinajstić information content (AvgIpc) is 1.82. The zero-order valence-corrected chi connectivity index (χ0v) is 16.5. The Hall–Kier alpha value is 2.90. The molecule has 0 bridgehead atoms. The molecule has 2 N–H and O–H groups in total. The van der Waals surface area contributed by atoms with Gasteiger partial charge in [0.05, 0.1) is 6.61 Å². The van der Waals surface area contributed by atoms with Gasteiger partial charge in [-0.25, -0.2) is 9.59 Å². The van der Waals surface area contributed by atoms with Crippen molar-refractivity contribution in [1.29, 1.82) is 0 Å². The van der Waals surface area contributed by atoms with E-state index in [-0.39, 0.29) is 137 Å². The van der Waals surface area contributed by atoms with Crippen LogP contribution in [-0.2, 0) is 14.3 Å². The molecule has 0 atom stereocenters. The molecule has 0 aliphatic carbocycles. The number of carboxylic acids is 1. The zero-order valence-electron chi connectivity index (χ0n) is 12.5. The summed E-state index contributed by atoms with van der Waals surface area (Å²) in [5.41, 5.74) is 0. The van der Waals surface area contributed by atoms with Crippen molar-refractivity contribution in [3.63, 3.8) is 0 Å². The van der Waals surface area contributed by atoms with Crippen molar-refractivity contribution in [3.8, 4) is 0 Å². The van der Waals surface area contributed by atoms with E-state index < -0.39 is 11.9 Å². The normalized spacial score (nSPS) is 5.92. The molecule has 0 rings (SSSR count). The van der Waals surface area contributed by atoms with Gasteiger partial charge in [0.2, 0.25) is 0 Å². The number of aliphatic hydroxyl groups is 1. The number of hydrogen-bond donors (Lipinski definition) is 2. The summed E-state index contributed by atoms with van der Waals surface area (Å²) < 4.78 is 3.96. The minimum Gasteiger partial charge on any atom is -1.00 e. The Kier molecular flexibility index (Phi) is 46.5. The molecule has 13 heavy (non-hydrogen) atoms. The number of aliphatic hydroxyl groups excluding tert-OH is 1. The second kappa shape index (κ2) is 20.3. The van der Waals surface area contributed by atoms with Crippen LogP contribution in [0.5, 0.6) is 0 Å². The fraction of sp³-hybridized carbons (Fsp3) is 0.500. The third kappa shape index (κ3) is 20.9. The molecule has 0 fully saturated rings. The van der Waals surface area contributed by atoms with E-state index in [2.05, 4.69) is 4.74 Å². The van der Waals surface area contributed by atoms with Crippen molar-refractivity contribution < 1.29 is 148 Å². The van der Waals surface area contributed by atoms with Crippen molar-refractivity contribution in [1.82, 2.24) is 0 Å². The molecule has 0 saturated carbocycles. The topological polar surface area (TPSA) is 83.8 Å². The molecule has 0 heterocycles. The number of carbonyl (C=O) groups is 2. The first-order chi connectivity index (χ1) is 4.18. The maximum absolute atomic E-state index is 9.97. The number of carboxylic acid groups (broad SMARTS) is 1. The summed E-state index contributed by atoms with van der Waals surface area (Å²) in [6.45, 7) is -0.635. The molecular weight excluding hydrogens is 220 g/mol. The van der Waals surface area contributed by atoms with Crippen LogP contribution in [0, 0.1) is 0 Å². The smallest absolute Gasteiger partial charge is 1.00 e. The van der Waals surface area contributed by atoms with Crippen LogP contribution >= 0.6 is 0 Å². The van der Waals surface area contributed by atoms with E-state index in [4.69, 9.17) is 10.2 Å². The molecule has 0 saturated heterocycles. The largest absolute Gasteiger partial charge is 1.00 e. The van der Waals surface area contributed by atoms with Gasteiger partial charge in [-0.2, -0.15) is 0 Å². The van der Waals surface area contributed by atoms with Gasteiger partial charge in [0, 0.05) is 0 Å². The number of ether oxygens (including phenoxy) is 1. The van der Waals surface area contributed by atoms with Crippen molar-refractivity contribution in [2.75, 3.05) is 13.2 Å². The van der Waals surface area contributed by atoms with Gasteiger partial charge >= 0.3 is 130 Å². The standard InChI is InChI=1S/C4H6O5.4Na.4H/c5-1-2-9-4(8)3(6)7;;;;;;;;/h5H,1-2H2,(H,6,7);;;;;;;;/q;4*+1;4*-1. The number of aliphatic carboxylic acids is 1. The molecule has 0 unspecified atom stereocenters. The number of hydrogen-bond acceptors (Lipinski definition) is 4. The van der Waals surface area contributed by atoms with Gasteiger partial charge in [-0.05, 0) is 0 Å². The van der Waals surface area contributed by atoms with Crippen LogP contribution in [0.3, 0.4) is 0 Å². The minimum atomic E-state index is -1.65. The van der Waals surface area contributed by atoms with Gasteiger partial charge in [0.15, 0.2) is 0 Å². The maximum Gasteiger partial charge on any atom is 1.00 e. The van der Waals surface area contributed by atoms with E-state index >= 15 is 0 Å². The van der Waals surface area contributed by atoms with E-state index in [1.54, 1.807) is 0 Å². The first-order valence-corrected chi connectivity index (χ1v) is 2.19. The van der Waals surface area contributed by atoms with E-state index in [9.17, 15) is 9.59 Å². The Morgan fingerprint density at radius 1 is 1.15 bits per heavy atom. The van der Waals surface area contributed by atoms with Crippen LogP contribution in [-0.4, -0.2) is 35.4 Å². The van der Waals surface area contributed by atoms with Crippen LogP contribution in [0.1, 0.15) is 5.71 Å². The predicted octanol–water partition coefficient (Wildman–Crippen LogP) is -12.9. The van der Waals surface area contributed by atoms with Crippen LogP contribution in [0.15, 0.2) is 0 Å². The first kappa shape index (κ1) is 29.7. The summed E-state index contributed by atoms with van der Waals surface area (Å²) in [6, 6.07) is 0. The van der Waals surface area contributed by atoms with Gasteiger partial charge in [-0.1, -0.05) is 0 Å². The first-order valence-electron chi connectivity index (χ1n) is 2.19. The molecule has 0 aromatic carbocycles. The Morgan fingerprint density at radius 2 is 1.54 bits per heavy atom. The summed E-state index contributed by atoms with van der Waals surface area (Å²) >= 11 is 0. The molecule has 0 aromatic rings. The molecule has 0 aromatic heterocycles. The fourth-order valence-electron chi connectivity index (χ4n) is 0.200. The van der Waals surface area contributed by atoms with E-state index in [1.165, 1.54) is 0 Å². The van der Waals surface area contributed by atoms with Gasteiger partial charge in [-0.15, -0.1) is 0 Å². The number of esters is 1. The van der Waals surface area contributed by atoms with Gasteiger partial charge in [0.1, 0.15) is 6.61 Å². The molecule has 0 radical (unpaired) electrons. The zero-order chi connectivity index (χ0) is 7.28. The average molecular weight is 230 g/mol. The van der Waals surface area contributed by atoms with Crippen LogP contribution in [0.2, 0.25) is 0 Å². The minimum absolute atomic E-state index is 0. The van der Waals surface area contributed by atoms with Crippen molar-refractivity contribution in [2.24, 2.45) is 0 Å². The fourth-order valence-corrected chi connectivity index (χ4v) is 0.200. The second-order valence-corrected chi connectivity index (χ2v) is 1.16. The quantitative estimate of drug-likeness (QED) is 0.279. The molecule has 0 amide bonds. The maximum atomic E-state index is 9.97.